The number of aliphatic hydroxyl groups is 1. The standard InChI is InChI=1S/C13H17F6N3OS/c1-6-4-7(21-22-9(20)24)8(10(2,3)5-6)11(23,12(14,15)16)13(17,18)19/h4,8,23H,5H2,1-3H3,(H3,20,22,24)/b21-7-/t8-/m0/s1. The van der Waals surface area contributed by atoms with E-state index >= 15 is 0 Å². The van der Waals surface area contributed by atoms with Gasteiger partial charge < -0.3 is 10.8 Å². The molecule has 0 saturated carbocycles. The zero-order valence-corrected chi connectivity index (χ0v) is 13.8. The van der Waals surface area contributed by atoms with Crippen LogP contribution in [-0.4, -0.2) is 33.9 Å². The van der Waals surface area contributed by atoms with Crippen molar-refractivity contribution >= 4 is 23.0 Å². The highest BCUT2D eigenvalue weighted by molar-refractivity contribution is 7.80. The van der Waals surface area contributed by atoms with Gasteiger partial charge in [0.1, 0.15) is 0 Å². The summed E-state index contributed by atoms with van der Waals surface area (Å²) in [6.45, 7) is 3.94. The summed E-state index contributed by atoms with van der Waals surface area (Å²) < 4.78 is 79.7. The molecular weight excluding hydrogens is 360 g/mol. The lowest BCUT2D eigenvalue weighted by atomic mass is 9.61. The lowest BCUT2D eigenvalue weighted by molar-refractivity contribution is -0.385. The Bertz CT molecular complexity index is 565. The number of nitrogens with two attached hydrogens (primary N) is 1. The van der Waals surface area contributed by atoms with Crippen LogP contribution in [0.2, 0.25) is 0 Å². The van der Waals surface area contributed by atoms with E-state index in [0.717, 1.165) is 6.08 Å². The first-order chi connectivity index (χ1) is 10.5. The van der Waals surface area contributed by atoms with E-state index in [4.69, 9.17) is 5.73 Å². The number of thiocarbonyl (C=S) groups is 1. The van der Waals surface area contributed by atoms with Crippen LogP contribution in [0.5, 0.6) is 0 Å². The molecule has 0 unspecified atom stereocenters. The van der Waals surface area contributed by atoms with Crippen molar-refractivity contribution in [3.63, 3.8) is 0 Å². The molecule has 0 aromatic heterocycles. The Hall–Kier alpha value is -1.36. The minimum atomic E-state index is -5.96. The summed E-state index contributed by atoms with van der Waals surface area (Å²) in [6.07, 6.45) is -11.0. The van der Waals surface area contributed by atoms with E-state index in [1.165, 1.54) is 20.8 Å². The van der Waals surface area contributed by atoms with E-state index in [1.807, 2.05) is 5.43 Å². The van der Waals surface area contributed by atoms with Crippen LogP contribution in [0.3, 0.4) is 0 Å². The Labute approximate surface area is 139 Å². The van der Waals surface area contributed by atoms with Crippen LogP contribution in [0, 0.1) is 11.3 Å². The Morgan fingerprint density at radius 2 is 1.75 bits per heavy atom. The predicted molar refractivity (Wildman–Crippen MR) is 80.1 cm³/mol. The van der Waals surface area contributed by atoms with Gasteiger partial charge >= 0.3 is 12.4 Å². The first-order valence-electron chi connectivity index (χ1n) is 6.70. The molecule has 0 aromatic carbocycles. The number of hydrogen-bond acceptors (Lipinski definition) is 3. The average Bonchev–Trinajstić information content (AvgIpc) is 2.30. The van der Waals surface area contributed by atoms with Crippen LogP contribution in [0.4, 0.5) is 26.3 Å². The van der Waals surface area contributed by atoms with Crippen LogP contribution >= 0.6 is 12.2 Å². The van der Waals surface area contributed by atoms with Crippen LogP contribution in [-0.2, 0) is 0 Å². The summed E-state index contributed by atoms with van der Waals surface area (Å²) in [6, 6.07) is 0. The highest BCUT2D eigenvalue weighted by Crippen LogP contribution is 2.55. The number of alkyl halides is 6. The van der Waals surface area contributed by atoms with Gasteiger partial charge in [0.05, 0.1) is 11.6 Å². The summed E-state index contributed by atoms with van der Waals surface area (Å²) in [7, 11) is 0. The number of hydrazone groups is 1. The third-order valence-electron chi connectivity index (χ3n) is 3.78. The van der Waals surface area contributed by atoms with E-state index in [0.29, 0.717) is 5.57 Å². The number of nitrogens with zero attached hydrogens (tertiary/aromatic N) is 1. The number of nitrogens with one attached hydrogen (secondary N) is 1. The molecule has 0 aliphatic heterocycles. The van der Waals surface area contributed by atoms with Crippen LogP contribution in [0.1, 0.15) is 27.2 Å². The highest BCUT2D eigenvalue weighted by Gasteiger charge is 2.76. The fraction of sp³-hybridized carbons (Fsp3) is 0.692. The molecule has 0 amide bonds. The fourth-order valence-corrected chi connectivity index (χ4v) is 3.14. The summed E-state index contributed by atoms with van der Waals surface area (Å²) in [5.41, 5.74) is 0.421. The van der Waals surface area contributed by atoms with Gasteiger partial charge in [0.2, 0.25) is 0 Å². The molecule has 4 nitrogen and oxygen atoms in total. The monoisotopic (exact) mass is 377 g/mol. The topological polar surface area (TPSA) is 70.6 Å². The maximum absolute atomic E-state index is 13.3. The third-order valence-corrected chi connectivity index (χ3v) is 3.87. The fourth-order valence-electron chi connectivity index (χ4n) is 3.09. The smallest absolute Gasteiger partial charge is 0.375 e. The van der Waals surface area contributed by atoms with Gasteiger partial charge in [0, 0.05) is 0 Å². The van der Waals surface area contributed by atoms with Crippen molar-refractivity contribution in [3.05, 3.63) is 11.6 Å². The molecule has 138 valence electrons. The molecule has 0 bridgehead atoms. The summed E-state index contributed by atoms with van der Waals surface area (Å²) in [5.74, 6) is -2.41. The Morgan fingerprint density at radius 1 is 1.29 bits per heavy atom. The molecule has 4 N–H and O–H groups in total. The second-order valence-corrected chi connectivity index (χ2v) is 6.80. The van der Waals surface area contributed by atoms with Gasteiger partial charge in [0.25, 0.3) is 5.60 Å². The van der Waals surface area contributed by atoms with Crippen molar-refractivity contribution in [2.24, 2.45) is 22.2 Å². The number of halogens is 6. The van der Waals surface area contributed by atoms with Crippen molar-refractivity contribution in [1.29, 1.82) is 0 Å². The number of rotatable bonds is 2. The molecule has 1 atom stereocenters. The average molecular weight is 377 g/mol. The maximum Gasteiger partial charge on any atom is 0.426 e. The Balaban J connectivity index is 3.68. The third kappa shape index (κ3) is 3.66. The van der Waals surface area contributed by atoms with Gasteiger partial charge in [-0.15, -0.1) is 0 Å². The molecule has 0 fully saturated rings. The Morgan fingerprint density at radius 3 is 2.12 bits per heavy atom. The normalized spacial score (nSPS) is 23.8. The van der Waals surface area contributed by atoms with E-state index in [1.54, 1.807) is 0 Å². The molecule has 24 heavy (non-hydrogen) atoms. The summed E-state index contributed by atoms with van der Waals surface area (Å²) >= 11 is 4.46. The van der Waals surface area contributed by atoms with Crippen molar-refractivity contribution in [3.8, 4) is 0 Å². The quantitative estimate of drug-likeness (QED) is 0.393. The minimum Gasteiger partial charge on any atom is -0.375 e. The molecular formula is C13H17F6N3OS. The van der Waals surface area contributed by atoms with Crippen molar-refractivity contribution in [2.45, 2.75) is 45.1 Å². The highest BCUT2D eigenvalue weighted by atomic mass is 32.1. The SMILES string of the molecule is CC1=C/C(=N/NC(N)=S)[C@H](C(O)(C(F)(F)F)C(F)(F)F)C(C)(C)C1. The number of allylic oxidation sites excluding steroid dienone is 2. The first kappa shape index (κ1) is 20.7. The van der Waals surface area contributed by atoms with E-state index in [-0.39, 0.29) is 6.42 Å². The van der Waals surface area contributed by atoms with E-state index in [2.05, 4.69) is 17.3 Å². The zero-order valence-electron chi connectivity index (χ0n) is 13.0. The van der Waals surface area contributed by atoms with Crippen LogP contribution in [0.25, 0.3) is 0 Å². The maximum atomic E-state index is 13.3. The molecule has 0 radical (unpaired) electrons. The van der Waals surface area contributed by atoms with Gasteiger partial charge in [-0.2, -0.15) is 31.4 Å². The van der Waals surface area contributed by atoms with Gasteiger partial charge in [-0.25, -0.2) is 0 Å². The molecule has 0 aromatic rings. The first-order valence-corrected chi connectivity index (χ1v) is 7.11. The largest absolute Gasteiger partial charge is 0.426 e. The lowest BCUT2D eigenvalue weighted by Gasteiger charge is -2.48. The second-order valence-electron chi connectivity index (χ2n) is 6.36. The van der Waals surface area contributed by atoms with Crippen molar-refractivity contribution < 1.29 is 31.4 Å². The molecule has 0 heterocycles. The second kappa shape index (κ2) is 6.17. The molecule has 0 spiro atoms. The number of hydrogen-bond donors (Lipinski definition) is 3. The van der Waals surface area contributed by atoms with Gasteiger partial charge in [-0.3, -0.25) is 5.43 Å². The van der Waals surface area contributed by atoms with E-state index in [9.17, 15) is 31.4 Å². The molecule has 0 saturated heterocycles. The minimum absolute atomic E-state index is 0.0851. The zero-order chi connectivity index (χ0) is 19.1. The van der Waals surface area contributed by atoms with Crippen LogP contribution in [0.15, 0.2) is 16.8 Å². The van der Waals surface area contributed by atoms with Gasteiger partial charge in [-0.05, 0) is 37.1 Å². The van der Waals surface area contributed by atoms with Crippen LogP contribution < -0.4 is 11.2 Å². The predicted octanol–water partition coefficient (Wildman–Crippen LogP) is 3.02. The molecule has 1 rings (SSSR count). The molecule has 1 aliphatic carbocycles. The van der Waals surface area contributed by atoms with Gasteiger partial charge in [-0.1, -0.05) is 19.4 Å². The lowest BCUT2D eigenvalue weighted by Crippen LogP contribution is -2.67. The van der Waals surface area contributed by atoms with E-state index < -0.39 is 40.1 Å². The Kier molecular flexibility index (Phi) is 5.32. The molecule has 1 aliphatic rings. The van der Waals surface area contributed by atoms with Crippen molar-refractivity contribution in [1.82, 2.24) is 5.43 Å². The molecule has 11 heteroatoms. The van der Waals surface area contributed by atoms with Gasteiger partial charge in [0.15, 0.2) is 5.11 Å². The van der Waals surface area contributed by atoms with Crippen molar-refractivity contribution in [2.75, 3.05) is 0 Å². The summed E-state index contributed by atoms with van der Waals surface area (Å²) in [4.78, 5) is 0. The summed E-state index contributed by atoms with van der Waals surface area (Å²) in [5, 5.41) is 12.8.